The summed E-state index contributed by atoms with van der Waals surface area (Å²) in [5.74, 6) is 1.08. The lowest BCUT2D eigenvalue weighted by Crippen LogP contribution is -2.24. The summed E-state index contributed by atoms with van der Waals surface area (Å²) in [5.41, 5.74) is 2.78. The van der Waals surface area contributed by atoms with Gasteiger partial charge in [0, 0.05) is 12.5 Å². The zero-order valence-corrected chi connectivity index (χ0v) is 10.0. The summed E-state index contributed by atoms with van der Waals surface area (Å²) >= 11 is 0. The molecule has 2 heteroatoms. The van der Waals surface area contributed by atoms with E-state index in [2.05, 4.69) is 37.4 Å². The summed E-state index contributed by atoms with van der Waals surface area (Å²) < 4.78 is 5.89. The Hall–Kier alpha value is -1.02. The Morgan fingerprint density at radius 2 is 2.25 bits per heavy atom. The summed E-state index contributed by atoms with van der Waals surface area (Å²) in [6.45, 7) is 5.46. The van der Waals surface area contributed by atoms with Gasteiger partial charge in [-0.3, -0.25) is 0 Å². The van der Waals surface area contributed by atoms with E-state index in [0.717, 1.165) is 18.7 Å². The normalized spacial score (nSPS) is 26.5. The maximum Gasteiger partial charge on any atom is 0.123 e. The van der Waals surface area contributed by atoms with Crippen LogP contribution in [0.1, 0.15) is 43.9 Å². The second kappa shape index (κ2) is 3.49. The van der Waals surface area contributed by atoms with Crippen molar-refractivity contribution in [1.29, 1.82) is 0 Å². The van der Waals surface area contributed by atoms with Gasteiger partial charge in [0.1, 0.15) is 11.4 Å². The van der Waals surface area contributed by atoms with Gasteiger partial charge in [-0.25, -0.2) is 0 Å². The molecule has 0 radical (unpaired) electrons. The first kappa shape index (κ1) is 10.2. The van der Waals surface area contributed by atoms with Gasteiger partial charge in [-0.15, -0.1) is 0 Å². The molecule has 16 heavy (non-hydrogen) atoms. The van der Waals surface area contributed by atoms with Gasteiger partial charge in [0.25, 0.3) is 0 Å². The van der Waals surface area contributed by atoms with Crippen LogP contribution in [0.25, 0.3) is 0 Å². The molecule has 0 amide bonds. The molecule has 86 valence electrons. The molecule has 1 aromatic carbocycles. The number of fused-ring (bicyclic) bond motifs is 1. The molecule has 0 bridgehead atoms. The van der Waals surface area contributed by atoms with Crippen molar-refractivity contribution < 1.29 is 4.74 Å². The first-order chi connectivity index (χ1) is 7.64. The molecular weight excluding hydrogens is 198 g/mol. The van der Waals surface area contributed by atoms with E-state index in [1.807, 2.05) is 0 Å². The van der Waals surface area contributed by atoms with Crippen LogP contribution >= 0.6 is 0 Å². The lowest BCUT2D eigenvalue weighted by atomic mass is 9.97. The van der Waals surface area contributed by atoms with Crippen LogP contribution in [0.15, 0.2) is 18.2 Å². The topological polar surface area (TPSA) is 21.3 Å². The molecule has 0 aliphatic carbocycles. The highest BCUT2D eigenvalue weighted by molar-refractivity contribution is 5.42. The largest absolute Gasteiger partial charge is 0.487 e. The van der Waals surface area contributed by atoms with Gasteiger partial charge in [-0.05, 0) is 50.4 Å². The van der Waals surface area contributed by atoms with E-state index in [1.54, 1.807) is 0 Å². The zero-order valence-electron chi connectivity index (χ0n) is 10.0. The smallest absolute Gasteiger partial charge is 0.123 e. The summed E-state index contributed by atoms with van der Waals surface area (Å²) in [7, 11) is 0. The van der Waals surface area contributed by atoms with Crippen LogP contribution in [0.4, 0.5) is 0 Å². The maximum atomic E-state index is 5.89. The van der Waals surface area contributed by atoms with Crippen molar-refractivity contribution in [3.05, 3.63) is 29.3 Å². The van der Waals surface area contributed by atoms with Crippen molar-refractivity contribution in [1.82, 2.24) is 5.32 Å². The van der Waals surface area contributed by atoms with Gasteiger partial charge in [-0.1, -0.05) is 12.1 Å². The number of nitrogens with one attached hydrogen (secondary N) is 1. The molecule has 3 rings (SSSR count). The summed E-state index contributed by atoms with van der Waals surface area (Å²) in [5, 5.41) is 3.54. The standard InChI is InChI=1S/C14H19NO/c1-14(2)9-11-8-10(5-6-13(11)16-14)12-4-3-7-15-12/h5-6,8,12,15H,3-4,7,9H2,1-2H3. The van der Waals surface area contributed by atoms with Gasteiger partial charge < -0.3 is 10.1 Å². The Bertz CT molecular complexity index is 405. The molecule has 2 aliphatic rings. The van der Waals surface area contributed by atoms with E-state index in [1.165, 1.54) is 24.0 Å². The average Bonchev–Trinajstić information content (AvgIpc) is 2.80. The van der Waals surface area contributed by atoms with E-state index in [4.69, 9.17) is 4.74 Å². The Balaban J connectivity index is 1.89. The van der Waals surface area contributed by atoms with Gasteiger partial charge in [-0.2, -0.15) is 0 Å². The molecule has 2 aliphatic heterocycles. The van der Waals surface area contributed by atoms with Gasteiger partial charge in [0.2, 0.25) is 0 Å². The number of hydrogen-bond donors (Lipinski definition) is 1. The van der Waals surface area contributed by atoms with Crippen molar-refractivity contribution in [2.45, 2.75) is 44.8 Å². The Kier molecular flexibility index (Phi) is 2.21. The third-order valence-electron chi connectivity index (χ3n) is 3.55. The molecule has 2 heterocycles. The molecule has 0 spiro atoms. The molecule has 1 saturated heterocycles. The molecule has 1 aromatic rings. The van der Waals surface area contributed by atoms with Crippen LogP contribution in [0.5, 0.6) is 5.75 Å². The van der Waals surface area contributed by atoms with Gasteiger partial charge in [0.05, 0.1) is 0 Å². The van der Waals surface area contributed by atoms with Crippen molar-refractivity contribution in [2.75, 3.05) is 6.54 Å². The molecule has 0 aromatic heterocycles. The lowest BCUT2D eigenvalue weighted by molar-refractivity contribution is 0.138. The Morgan fingerprint density at radius 1 is 1.38 bits per heavy atom. The molecule has 1 unspecified atom stereocenters. The van der Waals surface area contributed by atoms with Crippen molar-refractivity contribution in [3.8, 4) is 5.75 Å². The van der Waals surface area contributed by atoms with Crippen molar-refractivity contribution in [2.24, 2.45) is 0 Å². The summed E-state index contributed by atoms with van der Waals surface area (Å²) in [6, 6.07) is 7.24. The minimum atomic E-state index is -0.0237. The number of hydrogen-bond acceptors (Lipinski definition) is 2. The van der Waals surface area contributed by atoms with Crippen LogP contribution in [0, 0.1) is 0 Å². The SMILES string of the molecule is CC1(C)Cc2cc(C3CCCN3)ccc2O1. The van der Waals surface area contributed by atoms with Crippen molar-refractivity contribution >= 4 is 0 Å². The number of ether oxygens (including phenoxy) is 1. The molecule has 1 atom stereocenters. The number of rotatable bonds is 1. The first-order valence-corrected chi connectivity index (χ1v) is 6.19. The third-order valence-corrected chi connectivity index (χ3v) is 3.55. The van der Waals surface area contributed by atoms with Crippen LogP contribution in [0.2, 0.25) is 0 Å². The minimum Gasteiger partial charge on any atom is -0.487 e. The first-order valence-electron chi connectivity index (χ1n) is 6.19. The zero-order chi connectivity index (χ0) is 11.2. The lowest BCUT2D eigenvalue weighted by Gasteiger charge is -2.16. The number of benzene rings is 1. The van der Waals surface area contributed by atoms with Crippen LogP contribution in [-0.4, -0.2) is 12.1 Å². The fourth-order valence-corrected chi connectivity index (χ4v) is 2.82. The second-order valence-corrected chi connectivity index (χ2v) is 5.55. The second-order valence-electron chi connectivity index (χ2n) is 5.55. The molecule has 1 fully saturated rings. The molecule has 2 nitrogen and oxygen atoms in total. The highest BCUT2D eigenvalue weighted by atomic mass is 16.5. The maximum absolute atomic E-state index is 5.89. The predicted octanol–water partition coefficient (Wildman–Crippen LogP) is 2.82. The minimum absolute atomic E-state index is 0.0237. The van der Waals surface area contributed by atoms with Gasteiger partial charge >= 0.3 is 0 Å². The highest BCUT2D eigenvalue weighted by Crippen LogP contribution is 2.37. The van der Waals surface area contributed by atoms with E-state index < -0.39 is 0 Å². The molecule has 0 saturated carbocycles. The summed E-state index contributed by atoms with van der Waals surface area (Å²) in [4.78, 5) is 0. The molecule has 1 N–H and O–H groups in total. The van der Waals surface area contributed by atoms with E-state index in [0.29, 0.717) is 6.04 Å². The van der Waals surface area contributed by atoms with Crippen LogP contribution < -0.4 is 10.1 Å². The van der Waals surface area contributed by atoms with Gasteiger partial charge in [0.15, 0.2) is 0 Å². The Morgan fingerprint density at radius 3 is 3.00 bits per heavy atom. The van der Waals surface area contributed by atoms with E-state index >= 15 is 0 Å². The fraction of sp³-hybridized carbons (Fsp3) is 0.571. The fourth-order valence-electron chi connectivity index (χ4n) is 2.82. The quantitative estimate of drug-likeness (QED) is 0.781. The van der Waals surface area contributed by atoms with Crippen LogP contribution in [-0.2, 0) is 6.42 Å². The van der Waals surface area contributed by atoms with Crippen LogP contribution in [0.3, 0.4) is 0 Å². The van der Waals surface area contributed by atoms with E-state index in [9.17, 15) is 0 Å². The molecular formula is C14H19NO. The Labute approximate surface area is 97.0 Å². The average molecular weight is 217 g/mol. The summed E-state index contributed by atoms with van der Waals surface area (Å²) in [6.07, 6.45) is 3.59. The predicted molar refractivity (Wildman–Crippen MR) is 64.8 cm³/mol. The monoisotopic (exact) mass is 217 g/mol. The third kappa shape index (κ3) is 1.71. The highest BCUT2D eigenvalue weighted by Gasteiger charge is 2.30. The van der Waals surface area contributed by atoms with Crippen molar-refractivity contribution in [3.63, 3.8) is 0 Å². The van der Waals surface area contributed by atoms with E-state index in [-0.39, 0.29) is 5.60 Å².